The fraction of sp³-hybridized carbons (Fsp3) is 0.615. The van der Waals surface area contributed by atoms with Crippen LogP contribution in [0.3, 0.4) is 0 Å². The van der Waals surface area contributed by atoms with Gasteiger partial charge >= 0.3 is 0 Å². The molecule has 104 valence electrons. The van der Waals surface area contributed by atoms with E-state index < -0.39 is 0 Å². The minimum absolute atomic E-state index is 0.165. The number of aryl methyl sites for hydroxylation is 1. The average molecular weight is 279 g/mol. The van der Waals surface area contributed by atoms with Crippen LogP contribution in [0.1, 0.15) is 54.9 Å². The van der Waals surface area contributed by atoms with E-state index in [9.17, 15) is 0 Å². The van der Waals surface area contributed by atoms with E-state index in [1.807, 2.05) is 4.68 Å². The van der Waals surface area contributed by atoms with Crippen molar-refractivity contribution in [3.05, 3.63) is 27.7 Å². The van der Waals surface area contributed by atoms with Crippen LogP contribution in [0.15, 0.2) is 12.1 Å². The lowest BCUT2D eigenvalue weighted by Gasteiger charge is -2.16. The van der Waals surface area contributed by atoms with Crippen molar-refractivity contribution in [1.82, 2.24) is 25.5 Å². The van der Waals surface area contributed by atoms with Gasteiger partial charge in [-0.2, -0.15) is 0 Å². The quantitative estimate of drug-likeness (QED) is 0.883. The summed E-state index contributed by atoms with van der Waals surface area (Å²) in [4.78, 5) is 2.60. The number of nitrogens with one attached hydrogen (secondary N) is 1. The Balaban J connectivity index is 2.19. The molecular formula is C13H21N5S. The van der Waals surface area contributed by atoms with Crippen LogP contribution < -0.4 is 5.32 Å². The molecule has 2 aromatic rings. The summed E-state index contributed by atoms with van der Waals surface area (Å²) < 4.78 is 1.92. The fourth-order valence-electron chi connectivity index (χ4n) is 2.01. The zero-order chi connectivity index (χ0) is 13.8. The minimum atomic E-state index is 0.165. The van der Waals surface area contributed by atoms with Crippen LogP contribution in [0.25, 0.3) is 0 Å². The van der Waals surface area contributed by atoms with Gasteiger partial charge in [-0.25, -0.2) is 4.68 Å². The summed E-state index contributed by atoms with van der Waals surface area (Å²) in [5.41, 5.74) is 0. The van der Waals surface area contributed by atoms with Gasteiger partial charge in [-0.15, -0.1) is 16.4 Å². The van der Waals surface area contributed by atoms with Crippen LogP contribution in [0.5, 0.6) is 0 Å². The number of hydrogen-bond donors (Lipinski definition) is 1. The maximum atomic E-state index is 4.17. The van der Waals surface area contributed by atoms with Gasteiger partial charge in [0.15, 0.2) is 5.82 Å². The molecule has 0 aliphatic rings. The first kappa shape index (κ1) is 14.1. The van der Waals surface area contributed by atoms with E-state index in [4.69, 9.17) is 0 Å². The molecule has 0 aromatic carbocycles. The van der Waals surface area contributed by atoms with Gasteiger partial charge in [0.1, 0.15) is 0 Å². The van der Waals surface area contributed by atoms with E-state index in [-0.39, 0.29) is 12.1 Å². The second-order valence-corrected chi connectivity index (χ2v) is 6.10. The zero-order valence-electron chi connectivity index (χ0n) is 11.9. The summed E-state index contributed by atoms with van der Waals surface area (Å²) >= 11 is 1.80. The Morgan fingerprint density at radius 3 is 2.79 bits per heavy atom. The molecule has 2 rings (SSSR count). The highest BCUT2D eigenvalue weighted by molar-refractivity contribution is 7.12. The second-order valence-electron chi connectivity index (χ2n) is 4.78. The average Bonchev–Trinajstić information content (AvgIpc) is 3.03. The predicted octanol–water partition coefficient (Wildman–Crippen LogP) is 2.71. The summed E-state index contributed by atoms with van der Waals surface area (Å²) in [6.07, 6.45) is 1.10. The van der Waals surface area contributed by atoms with Gasteiger partial charge in [0.05, 0.1) is 12.1 Å². The Morgan fingerprint density at radius 2 is 2.16 bits per heavy atom. The normalized spacial score (nSPS) is 14.5. The van der Waals surface area contributed by atoms with Crippen LogP contribution in [0.4, 0.5) is 0 Å². The first-order valence-electron chi connectivity index (χ1n) is 6.71. The molecule has 2 unspecified atom stereocenters. The van der Waals surface area contributed by atoms with Gasteiger partial charge in [-0.05, 0) is 56.3 Å². The van der Waals surface area contributed by atoms with E-state index in [1.165, 1.54) is 9.75 Å². The lowest BCUT2D eigenvalue weighted by atomic mass is 10.2. The summed E-state index contributed by atoms with van der Waals surface area (Å²) in [7, 11) is 0. The summed E-state index contributed by atoms with van der Waals surface area (Å²) in [6.45, 7) is 9.48. The van der Waals surface area contributed by atoms with E-state index in [1.54, 1.807) is 11.3 Å². The first-order valence-corrected chi connectivity index (χ1v) is 7.52. The Morgan fingerprint density at radius 1 is 1.37 bits per heavy atom. The lowest BCUT2D eigenvalue weighted by Crippen LogP contribution is -2.24. The monoisotopic (exact) mass is 279 g/mol. The van der Waals surface area contributed by atoms with Crippen molar-refractivity contribution in [2.45, 2.75) is 46.2 Å². The Hall–Kier alpha value is -1.27. The number of hydrogen-bond acceptors (Lipinski definition) is 5. The van der Waals surface area contributed by atoms with Crippen molar-refractivity contribution < 1.29 is 0 Å². The van der Waals surface area contributed by atoms with Gasteiger partial charge in [0.25, 0.3) is 0 Å². The smallest absolute Gasteiger partial charge is 0.168 e. The van der Waals surface area contributed by atoms with Gasteiger partial charge < -0.3 is 5.32 Å². The highest BCUT2D eigenvalue weighted by Gasteiger charge is 2.19. The molecule has 6 heteroatoms. The van der Waals surface area contributed by atoms with Crippen molar-refractivity contribution in [2.24, 2.45) is 0 Å². The van der Waals surface area contributed by atoms with Crippen LogP contribution in [0, 0.1) is 6.92 Å². The molecule has 0 saturated carbocycles. The second kappa shape index (κ2) is 6.25. The fourth-order valence-corrected chi connectivity index (χ4v) is 2.93. The first-order chi connectivity index (χ1) is 9.13. The highest BCUT2D eigenvalue weighted by atomic mass is 32.1. The predicted molar refractivity (Wildman–Crippen MR) is 77.4 cm³/mol. The molecule has 19 heavy (non-hydrogen) atoms. The summed E-state index contributed by atoms with van der Waals surface area (Å²) in [5.74, 6) is 0.895. The molecule has 0 fully saturated rings. The third kappa shape index (κ3) is 3.19. The molecule has 0 bridgehead atoms. The van der Waals surface area contributed by atoms with Gasteiger partial charge in [-0.1, -0.05) is 6.92 Å². The standard InChI is InChI=1S/C13H21N5S/c1-5-8-14-10(3)13-15-16-17-18(13)11(4)12-7-6-9(2)19-12/h6-7,10-11,14H,5,8H2,1-4H3. The number of aromatic nitrogens is 4. The van der Waals surface area contributed by atoms with Crippen LogP contribution in [0.2, 0.25) is 0 Å². The molecule has 5 nitrogen and oxygen atoms in total. The Kier molecular flexibility index (Phi) is 4.66. The van der Waals surface area contributed by atoms with Crippen molar-refractivity contribution in [1.29, 1.82) is 0 Å². The molecule has 2 atom stereocenters. The summed E-state index contributed by atoms with van der Waals surface area (Å²) in [5, 5.41) is 15.6. The molecule has 2 heterocycles. The molecule has 1 N–H and O–H groups in total. The minimum Gasteiger partial charge on any atom is -0.307 e. The third-order valence-electron chi connectivity index (χ3n) is 3.15. The van der Waals surface area contributed by atoms with Crippen molar-refractivity contribution in [3.63, 3.8) is 0 Å². The van der Waals surface area contributed by atoms with E-state index >= 15 is 0 Å². The van der Waals surface area contributed by atoms with Crippen LogP contribution >= 0.6 is 11.3 Å². The zero-order valence-corrected chi connectivity index (χ0v) is 12.7. The van der Waals surface area contributed by atoms with Crippen molar-refractivity contribution in [3.8, 4) is 0 Å². The Labute approximate surface area is 118 Å². The lowest BCUT2D eigenvalue weighted by molar-refractivity contribution is 0.468. The summed E-state index contributed by atoms with van der Waals surface area (Å²) in [6, 6.07) is 4.63. The van der Waals surface area contributed by atoms with E-state index in [0.29, 0.717) is 0 Å². The number of rotatable bonds is 6. The molecule has 0 saturated heterocycles. The van der Waals surface area contributed by atoms with E-state index in [0.717, 1.165) is 18.8 Å². The molecule has 2 aromatic heterocycles. The van der Waals surface area contributed by atoms with Crippen molar-refractivity contribution in [2.75, 3.05) is 6.54 Å². The molecule has 0 aliphatic carbocycles. The molecule has 0 radical (unpaired) electrons. The maximum absolute atomic E-state index is 4.17. The van der Waals surface area contributed by atoms with Gasteiger partial charge in [-0.3, -0.25) is 0 Å². The Bertz CT molecular complexity index is 519. The third-order valence-corrected chi connectivity index (χ3v) is 4.32. The largest absolute Gasteiger partial charge is 0.307 e. The number of tetrazole rings is 1. The van der Waals surface area contributed by atoms with Crippen molar-refractivity contribution >= 4 is 11.3 Å². The maximum Gasteiger partial charge on any atom is 0.168 e. The molecular weight excluding hydrogens is 258 g/mol. The van der Waals surface area contributed by atoms with Crippen LogP contribution in [-0.2, 0) is 0 Å². The molecule has 0 aliphatic heterocycles. The van der Waals surface area contributed by atoms with Crippen LogP contribution in [-0.4, -0.2) is 26.8 Å². The van der Waals surface area contributed by atoms with Gasteiger partial charge in [0, 0.05) is 9.75 Å². The topological polar surface area (TPSA) is 55.6 Å². The number of nitrogens with zero attached hydrogens (tertiary/aromatic N) is 4. The van der Waals surface area contributed by atoms with E-state index in [2.05, 4.69) is 60.7 Å². The highest BCUT2D eigenvalue weighted by Crippen LogP contribution is 2.26. The number of thiophene rings is 1. The molecule has 0 amide bonds. The SMILES string of the molecule is CCCNC(C)c1nnnn1C(C)c1ccc(C)s1. The molecule has 0 spiro atoms. The van der Waals surface area contributed by atoms with Gasteiger partial charge in [0.2, 0.25) is 0 Å².